The van der Waals surface area contributed by atoms with Gasteiger partial charge in [0.15, 0.2) is 5.75 Å². The number of benzene rings is 2. The van der Waals surface area contributed by atoms with Crippen molar-refractivity contribution in [3.63, 3.8) is 0 Å². The Labute approximate surface area is 111 Å². The second-order valence-corrected chi connectivity index (χ2v) is 3.08. The van der Waals surface area contributed by atoms with E-state index in [-0.39, 0.29) is 25.3 Å². The summed E-state index contributed by atoms with van der Waals surface area (Å²) < 4.78 is 0. The summed E-state index contributed by atoms with van der Waals surface area (Å²) >= 11 is 0. The second kappa shape index (κ2) is 7.92. The summed E-state index contributed by atoms with van der Waals surface area (Å²) in [5.74, 6) is 0.0231. The number of hydrogen-bond donors (Lipinski definition) is 2. The van der Waals surface area contributed by atoms with E-state index in [0.29, 0.717) is 5.75 Å². The van der Waals surface area contributed by atoms with Crippen LogP contribution in [0.2, 0.25) is 0 Å². The molecule has 2 aromatic rings. The van der Waals surface area contributed by atoms with Gasteiger partial charge in [-0.1, -0.05) is 30.3 Å². The van der Waals surface area contributed by atoms with Gasteiger partial charge in [-0.25, -0.2) is 0 Å². The number of nitro groups is 1. The van der Waals surface area contributed by atoms with Gasteiger partial charge in [0.2, 0.25) is 0 Å². The molecule has 2 aromatic carbocycles. The van der Waals surface area contributed by atoms with Crippen LogP contribution in [0.1, 0.15) is 1.43 Å². The first-order chi connectivity index (χ1) is 8.11. The lowest BCUT2D eigenvalue weighted by atomic mass is 10.3. The van der Waals surface area contributed by atoms with Gasteiger partial charge < -0.3 is 10.2 Å². The Bertz CT molecular complexity index is 496. The van der Waals surface area contributed by atoms with Crippen molar-refractivity contribution in [1.82, 2.24) is 0 Å². The molecule has 0 fully saturated rings. The molecule has 0 aliphatic heterocycles. The maximum atomic E-state index is 10.1. The van der Waals surface area contributed by atoms with Gasteiger partial charge in [0.05, 0.1) is 4.92 Å². The molecule has 0 aromatic heterocycles. The molecule has 0 bridgehead atoms. The molecular formula is C12H14ClNO4. The quantitative estimate of drug-likeness (QED) is 0.615. The molecule has 0 saturated carbocycles. The average Bonchev–Trinajstić information content (AvgIpc) is 2.31. The summed E-state index contributed by atoms with van der Waals surface area (Å²) in [4.78, 5) is 9.44. The smallest absolute Gasteiger partial charge is 0.310 e. The highest BCUT2D eigenvalue weighted by Crippen LogP contribution is 2.23. The number of phenolic OH excluding ortho intramolecular Hbond substituents is 2. The standard InChI is InChI=1S/C6H5NO3.C6H6O.ClH.H2/c8-6-4-2-1-3-5(6)7(9)10;7-6-4-2-1-3-5-6;;/h1-4,8H;1-5,7H;2*1H. The first kappa shape index (κ1) is 15.7. The summed E-state index contributed by atoms with van der Waals surface area (Å²) in [6, 6.07) is 14.3. The summed E-state index contributed by atoms with van der Waals surface area (Å²) in [6.07, 6.45) is 0. The minimum Gasteiger partial charge on any atom is -0.508 e. The number of aromatic hydroxyl groups is 2. The van der Waals surface area contributed by atoms with Crippen LogP contribution in [-0.4, -0.2) is 15.1 Å². The van der Waals surface area contributed by atoms with Crippen molar-refractivity contribution in [1.29, 1.82) is 0 Å². The Morgan fingerprint density at radius 3 is 1.78 bits per heavy atom. The molecule has 18 heavy (non-hydrogen) atoms. The molecule has 0 amide bonds. The van der Waals surface area contributed by atoms with E-state index in [4.69, 9.17) is 10.2 Å². The van der Waals surface area contributed by atoms with E-state index in [1.165, 1.54) is 24.3 Å². The Hall–Kier alpha value is -2.27. The first-order valence-electron chi connectivity index (χ1n) is 4.77. The third-order valence-electron chi connectivity index (χ3n) is 1.83. The predicted octanol–water partition coefficient (Wildman–Crippen LogP) is 3.36. The molecule has 5 nitrogen and oxygen atoms in total. The van der Waals surface area contributed by atoms with Crippen LogP contribution in [0, 0.1) is 10.1 Å². The summed E-state index contributed by atoms with van der Waals surface area (Å²) in [7, 11) is 0. The fraction of sp³-hybridized carbons (Fsp3) is 0. The Morgan fingerprint density at radius 2 is 1.44 bits per heavy atom. The van der Waals surface area contributed by atoms with E-state index in [1.807, 2.05) is 6.07 Å². The molecule has 98 valence electrons. The van der Waals surface area contributed by atoms with Crippen LogP contribution in [0.25, 0.3) is 0 Å². The third kappa shape index (κ3) is 5.18. The van der Waals surface area contributed by atoms with Gasteiger partial charge in [0, 0.05) is 7.49 Å². The predicted molar refractivity (Wildman–Crippen MR) is 72.2 cm³/mol. The molecule has 6 heteroatoms. The summed E-state index contributed by atoms with van der Waals surface area (Å²) in [5, 5.41) is 27.5. The van der Waals surface area contributed by atoms with Crippen molar-refractivity contribution in [2.75, 3.05) is 0 Å². The fourth-order valence-electron chi connectivity index (χ4n) is 1.05. The SMILES string of the molecule is Cl.O=[N+]([O-])c1ccccc1O.Oc1ccccc1.[HH]. The number of hydrogen-bond acceptors (Lipinski definition) is 4. The van der Waals surface area contributed by atoms with E-state index < -0.39 is 4.92 Å². The van der Waals surface area contributed by atoms with Crippen LogP contribution in [0.4, 0.5) is 5.69 Å². The average molecular weight is 272 g/mol. The van der Waals surface area contributed by atoms with Gasteiger partial charge in [-0.05, 0) is 18.2 Å². The second-order valence-electron chi connectivity index (χ2n) is 3.08. The van der Waals surface area contributed by atoms with Gasteiger partial charge in [0.1, 0.15) is 5.75 Å². The van der Waals surface area contributed by atoms with Crippen molar-refractivity contribution < 1.29 is 16.6 Å². The zero-order chi connectivity index (χ0) is 12.7. The highest BCUT2D eigenvalue weighted by molar-refractivity contribution is 5.85. The minimum absolute atomic E-state index is 0. The molecule has 0 atom stereocenters. The Kier molecular flexibility index (Phi) is 6.92. The number of para-hydroxylation sites is 3. The zero-order valence-electron chi connectivity index (χ0n) is 9.26. The largest absolute Gasteiger partial charge is 0.508 e. The fourth-order valence-corrected chi connectivity index (χ4v) is 1.05. The van der Waals surface area contributed by atoms with E-state index >= 15 is 0 Å². The van der Waals surface area contributed by atoms with Gasteiger partial charge in [-0.15, -0.1) is 12.4 Å². The van der Waals surface area contributed by atoms with Crippen LogP contribution >= 0.6 is 12.4 Å². The van der Waals surface area contributed by atoms with E-state index in [0.717, 1.165) is 0 Å². The number of nitrogens with zero attached hydrogens (tertiary/aromatic N) is 1. The highest BCUT2D eigenvalue weighted by atomic mass is 35.5. The number of halogens is 1. The van der Waals surface area contributed by atoms with Crippen LogP contribution in [0.15, 0.2) is 54.6 Å². The highest BCUT2D eigenvalue weighted by Gasteiger charge is 2.09. The molecular weight excluding hydrogens is 258 g/mol. The Balaban J connectivity index is 0. The molecule has 0 radical (unpaired) electrons. The van der Waals surface area contributed by atoms with Gasteiger partial charge >= 0.3 is 5.69 Å². The molecule has 0 unspecified atom stereocenters. The van der Waals surface area contributed by atoms with Crippen molar-refractivity contribution >= 4 is 18.1 Å². The number of rotatable bonds is 1. The van der Waals surface area contributed by atoms with Gasteiger partial charge in [-0.2, -0.15) is 0 Å². The van der Waals surface area contributed by atoms with E-state index in [2.05, 4.69) is 0 Å². The van der Waals surface area contributed by atoms with Gasteiger partial charge in [-0.3, -0.25) is 10.1 Å². The minimum atomic E-state index is -0.630. The first-order valence-corrected chi connectivity index (χ1v) is 4.77. The molecule has 0 saturated heterocycles. The molecule has 0 aliphatic carbocycles. The van der Waals surface area contributed by atoms with Crippen LogP contribution in [-0.2, 0) is 0 Å². The maximum Gasteiger partial charge on any atom is 0.310 e. The summed E-state index contributed by atoms with van der Waals surface area (Å²) in [6.45, 7) is 0. The summed E-state index contributed by atoms with van der Waals surface area (Å²) in [5.41, 5.74) is -0.262. The van der Waals surface area contributed by atoms with Crippen molar-refractivity contribution in [2.24, 2.45) is 0 Å². The lowest BCUT2D eigenvalue weighted by molar-refractivity contribution is -0.385. The number of phenols is 2. The lowest BCUT2D eigenvalue weighted by Gasteiger charge is -1.91. The molecule has 2 N–H and O–H groups in total. The van der Waals surface area contributed by atoms with E-state index in [9.17, 15) is 10.1 Å². The normalized spacial score (nSPS) is 8.44. The topological polar surface area (TPSA) is 83.6 Å². The van der Waals surface area contributed by atoms with Crippen molar-refractivity contribution in [2.45, 2.75) is 0 Å². The molecule has 0 spiro atoms. The van der Waals surface area contributed by atoms with E-state index in [1.54, 1.807) is 24.3 Å². The van der Waals surface area contributed by atoms with Crippen LogP contribution in [0.5, 0.6) is 11.5 Å². The number of nitro benzene ring substituents is 1. The molecule has 0 heterocycles. The lowest BCUT2D eigenvalue weighted by Crippen LogP contribution is -1.86. The molecule has 0 aliphatic rings. The van der Waals surface area contributed by atoms with Crippen LogP contribution in [0.3, 0.4) is 0 Å². The van der Waals surface area contributed by atoms with Crippen molar-refractivity contribution in [3.8, 4) is 11.5 Å². The van der Waals surface area contributed by atoms with Gasteiger partial charge in [0.25, 0.3) is 0 Å². The third-order valence-corrected chi connectivity index (χ3v) is 1.83. The van der Waals surface area contributed by atoms with Crippen LogP contribution < -0.4 is 0 Å². The maximum absolute atomic E-state index is 10.1. The van der Waals surface area contributed by atoms with Crippen molar-refractivity contribution in [3.05, 3.63) is 64.7 Å². The monoisotopic (exact) mass is 271 g/mol. The Morgan fingerprint density at radius 1 is 0.944 bits per heavy atom. The molecule has 2 rings (SSSR count). The zero-order valence-corrected chi connectivity index (χ0v) is 10.1.